The Kier molecular flexibility index (Phi) is 5.62. The molecule has 2 aromatic rings. The van der Waals surface area contributed by atoms with Crippen LogP contribution in [0.25, 0.3) is 10.2 Å². The number of likely N-dealkylation sites (N-methyl/N-ethyl adjacent to an activating group) is 1. The lowest BCUT2D eigenvalue weighted by Gasteiger charge is -2.25. The summed E-state index contributed by atoms with van der Waals surface area (Å²) in [6.07, 6.45) is 3.33. The Bertz CT molecular complexity index is 806. The van der Waals surface area contributed by atoms with Gasteiger partial charge in [0, 0.05) is 24.5 Å². The Morgan fingerprint density at radius 2 is 2.15 bits per heavy atom. The van der Waals surface area contributed by atoms with Crippen LogP contribution in [0.3, 0.4) is 0 Å². The van der Waals surface area contributed by atoms with Gasteiger partial charge in [-0.05, 0) is 46.2 Å². The molecule has 0 aliphatic heterocycles. The smallest absolute Gasteiger partial charge is 0.261 e. The van der Waals surface area contributed by atoms with Gasteiger partial charge in [0.25, 0.3) is 5.91 Å². The van der Waals surface area contributed by atoms with Gasteiger partial charge in [0.1, 0.15) is 4.83 Å². The van der Waals surface area contributed by atoms with Crippen molar-refractivity contribution in [3.8, 4) is 0 Å². The Labute approximate surface area is 157 Å². The number of aryl methyl sites for hydroxylation is 1. The first-order chi connectivity index (χ1) is 12.3. The van der Waals surface area contributed by atoms with E-state index in [1.165, 1.54) is 17.8 Å². The lowest BCUT2D eigenvalue weighted by molar-refractivity contribution is -0.122. The summed E-state index contributed by atoms with van der Waals surface area (Å²) in [5.74, 6) is -0.0392. The molecular formula is C18H27N5O2S. The molecule has 142 valence electrons. The van der Waals surface area contributed by atoms with Gasteiger partial charge < -0.3 is 10.6 Å². The van der Waals surface area contributed by atoms with Crippen molar-refractivity contribution in [2.75, 3.05) is 13.6 Å². The summed E-state index contributed by atoms with van der Waals surface area (Å²) in [6.45, 7) is 4.82. The van der Waals surface area contributed by atoms with Crippen LogP contribution in [0.1, 0.15) is 48.5 Å². The van der Waals surface area contributed by atoms with Crippen LogP contribution in [0.5, 0.6) is 0 Å². The van der Waals surface area contributed by atoms with Gasteiger partial charge in [0.15, 0.2) is 0 Å². The minimum absolute atomic E-state index is 0.00977. The molecule has 3 rings (SSSR count). The molecule has 0 atom stereocenters. The predicted molar refractivity (Wildman–Crippen MR) is 103 cm³/mol. The van der Waals surface area contributed by atoms with Crippen LogP contribution >= 0.6 is 11.3 Å². The van der Waals surface area contributed by atoms with Gasteiger partial charge >= 0.3 is 0 Å². The molecule has 2 N–H and O–H groups in total. The molecule has 0 spiro atoms. The van der Waals surface area contributed by atoms with Crippen molar-refractivity contribution in [1.29, 1.82) is 0 Å². The van der Waals surface area contributed by atoms with Crippen LogP contribution in [-0.4, -0.2) is 52.2 Å². The topological polar surface area (TPSA) is 79.3 Å². The fourth-order valence-electron chi connectivity index (χ4n) is 2.81. The van der Waals surface area contributed by atoms with E-state index < -0.39 is 0 Å². The van der Waals surface area contributed by atoms with E-state index in [2.05, 4.69) is 29.6 Å². The normalized spacial score (nSPS) is 14.8. The Balaban J connectivity index is 1.66. The average Bonchev–Trinajstić information content (AvgIpc) is 3.10. The van der Waals surface area contributed by atoms with Gasteiger partial charge in [-0.3, -0.25) is 19.2 Å². The molecular weight excluding hydrogens is 350 g/mol. The predicted octanol–water partition coefficient (Wildman–Crippen LogP) is 1.87. The highest BCUT2D eigenvalue weighted by molar-refractivity contribution is 7.20. The van der Waals surface area contributed by atoms with Crippen LogP contribution in [0.15, 0.2) is 6.07 Å². The monoisotopic (exact) mass is 377 g/mol. The van der Waals surface area contributed by atoms with Crippen LogP contribution in [0, 0.1) is 0 Å². The Hall–Kier alpha value is -1.93. The molecule has 1 saturated carbocycles. The summed E-state index contributed by atoms with van der Waals surface area (Å²) in [4.78, 5) is 28.1. The third kappa shape index (κ3) is 4.07. The zero-order chi connectivity index (χ0) is 18.8. The molecule has 2 amide bonds. The molecule has 1 aliphatic carbocycles. The van der Waals surface area contributed by atoms with Gasteiger partial charge in [0.2, 0.25) is 5.91 Å². The van der Waals surface area contributed by atoms with E-state index in [0.717, 1.165) is 28.8 Å². The summed E-state index contributed by atoms with van der Waals surface area (Å²) in [6, 6.07) is 2.53. The molecule has 0 radical (unpaired) electrons. The quantitative estimate of drug-likeness (QED) is 0.772. The molecule has 2 heterocycles. The third-order valence-corrected chi connectivity index (χ3v) is 6.18. The van der Waals surface area contributed by atoms with Gasteiger partial charge in [-0.15, -0.1) is 11.3 Å². The molecule has 7 nitrogen and oxygen atoms in total. The molecule has 0 aromatic carbocycles. The number of hydrogen-bond acceptors (Lipinski definition) is 5. The lowest BCUT2D eigenvalue weighted by Crippen LogP contribution is -2.39. The van der Waals surface area contributed by atoms with E-state index in [0.29, 0.717) is 30.1 Å². The maximum absolute atomic E-state index is 12.4. The number of nitrogens with one attached hydrogen (secondary N) is 2. The van der Waals surface area contributed by atoms with Crippen LogP contribution < -0.4 is 10.6 Å². The number of carbonyl (C=O) groups excluding carboxylic acids is 2. The van der Waals surface area contributed by atoms with Crippen molar-refractivity contribution in [1.82, 2.24) is 25.3 Å². The fourth-order valence-corrected chi connectivity index (χ4v) is 3.80. The van der Waals surface area contributed by atoms with Gasteiger partial charge in [-0.25, -0.2) is 0 Å². The van der Waals surface area contributed by atoms with Crippen LogP contribution in [0.4, 0.5) is 0 Å². The summed E-state index contributed by atoms with van der Waals surface area (Å²) in [5.41, 5.74) is 0.794. The maximum Gasteiger partial charge on any atom is 0.261 e. The first kappa shape index (κ1) is 18.8. The molecule has 8 heteroatoms. The first-order valence-electron chi connectivity index (χ1n) is 9.08. The zero-order valence-corrected chi connectivity index (χ0v) is 16.7. The van der Waals surface area contributed by atoms with Crippen molar-refractivity contribution < 1.29 is 9.59 Å². The van der Waals surface area contributed by atoms with E-state index in [9.17, 15) is 9.59 Å². The van der Waals surface area contributed by atoms with Crippen LogP contribution in [0.2, 0.25) is 0 Å². The number of nitrogens with zero attached hydrogens (tertiary/aromatic N) is 3. The second kappa shape index (κ2) is 7.75. The highest BCUT2D eigenvalue weighted by atomic mass is 32.1. The molecule has 1 fully saturated rings. The lowest BCUT2D eigenvalue weighted by atomic mass is 9.93. The number of hydrogen-bond donors (Lipinski definition) is 2. The number of thiophene rings is 1. The van der Waals surface area contributed by atoms with E-state index in [1.807, 2.05) is 25.1 Å². The standard InChI is InChI=1S/C18H27N5O2S/c1-11(2)22(3)10-16(24)19-9-14-13-8-15(26-18(13)23(4)21-14)17(25)20-12-6-5-7-12/h8,11-12H,5-7,9-10H2,1-4H3,(H,19,24)(H,20,25). The summed E-state index contributed by atoms with van der Waals surface area (Å²) in [5, 5.41) is 11.4. The Morgan fingerprint density at radius 3 is 2.77 bits per heavy atom. The van der Waals surface area contributed by atoms with E-state index in [1.54, 1.807) is 4.68 Å². The summed E-state index contributed by atoms with van der Waals surface area (Å²) in [7, 11) is 3.79. The first-order valence-corrected chi connectivity index (χ1v) is 9.90. The van der Waals surface area contributed by atoms with E-state index >= 15 is 0 Å². The van der Waals surface area contributed by atoms with Crippen molar-refractivity contribution in [2.24, 2.45) is 7.05 Å². The summed E-state index contributed by atoms with van der Waals surface area (Å²) < 4.78 is 1.78. The SMILES string of the molecule is CC(C)N(C)CC(=O)NCc1nn(C)c2sc(C(=O)NC3CCC3)cc12. The van der Waals surface area contributed by atoms with Gasteiger partial charge in [-0.1, -0.05) is 0 Å². The van der Waals surface area contributed by atoms with E-state index in [-0.39, 0.29) is 11.8 Å². The largest absolute Gasteiger partial charge is 0.349 e. The molecule has 26 heavy (non-hydrogen) atoms. The Morgan fingerprint density at radius 1 is 1.42 bits per heavy atom. The number of rotatable bonds is 7. The van der Waals surface area contributed by atoms with Gasteiger partial charge in [-0.2, -0.15) is 5.10 Å². The minimum Gasteiger partial charge on any atom is -0.349 e. The highest BCUT2D eigenvalue weighted by Crippen LogP contribution is 2.29. The van der Waals surface area contributed by atoms with Crippen molar-refractivity contribution in [3.63, 3.8) is 0 Å². The fraction of sp³-hybridized carbons (Fsp3) is 0.611. The van der Waals surface area contributed by atoms with Crippen molar-refractivity contribution in [3.05, 3.63) is 16.6 Å². The molecule has 0 bridgehead atoms. The third-order valence-electron chi connectivity index (χ3n) is 4.98. The minimum atomic E-state index is -0.0295. The second-order valence-corrected chi connectivity index (χ2v) is 8.32. The molecule has 0 unspecified atom stereocenters. The average molecular weight is 378 g/mol. The van der Waals surface area contributed by atoms with E-state index in [4.69, 9.17) is 0 Å². The van der Waals surface area contributed by atoms with Crippen LogP contribution in [-0.2, 0) is 18.4 Å². The number of fused-ring (bicyclic) bond motifs is 1. The summed E-state index contributed by atoms with van der Waals surface area (Å²) >= 11 is 1.45. The van der Waals surface area contributed by atoms with Gasteiger partial charge in [0.05, 0.1) is 23.7 Å². The second-order valence-electron chi connectivity index (χ2n) is 7.29. The highest BCUT2D eigenvalue weighted by Gasteiger charge is 2.22. The molecule has 2 aromatic heterocycles. The number of aromatic nitrogens is 2. The zero-order valence-electron chi connectivity index (χ0n) is 15.8. The molecule has 1 aliphatic rings. The van der Waals surface area contributed by atoms with Crippen molar-refractivity contribution in [2.45, 2.75) is 51.7 Å². The maximum atomic E-state index is 12.4. The number of carbonyl (C=O) groups is 2. The van der Waals surface area contributed by atoms with Crippen molar-refractivity contribution >= 4 is 33.4 Å². The molecule has 0 saturated heterocycles. The number of amides is 2.